The normalized spacial score (nSPS) is 17.3. The van der Waals surface area contributed by atoms with Crippen molar-refractivity contribution in [3.8, 4) is 0 Å². The maximum atomic E-state index is 12.3. The van der Waals surface area contributed by atoms with Crippen LogP contribution in [-0.2, 0) is 4.79 Å². The van der Waals surface area contributed by atoms with E-state index in [4.69, 9.17) is 4.42 Å². The van der Waals surface area contributed by atoms with Crippen LogP contribution >= 0.6 is 0 Å². The van der Waals surface area contributed by atoms with E-state index in [1.807, 2.05) is 20.8 Å². The first kappa shape index (κ1) is 16.5. The molecule has 1 N–H and O–H groups in total. The largest absolute Gasteiger partial charge is 0.456 e. The Bertz CT molecular complexity index is 518. The van der Waals surface area contributed by atoms with Gasteiger partial charge in [-0.15, -0.1) is 0 Å². The molecule has 1 aromatic heterocycles. The molecule has 0 aliphatic carbocycles. The quantitative estimate of drug-likeness (QED) is 0.889. The number of piperazine rings is 1. The molecule has 0 aromatic carbocycles. The van der Waals surface area contributed by atoms with Crippen molar-refractivity contribution in [1.82, 2.24) is 15.1 Å². The van der Waals surface area contributed by atoms with Crippen LogP contribution in [0.3, 0.4) is 0 Å². The molecular weight excluding hydrogens is 282 g/mol. The van der Waals surface area contributed by atoms with Crippen LogP contribution in [0.25, 0.3) is 0 Å². The van der Waals surface area contributed by atoms with Crippen molar-refractivity contribution in [3.05, 3.63) is 23.7 Å². The summed E-state index contributed by atoms with van der Waals surface area (Å²) in [6, 6.07) is 3.35. The highest BCUT2D eigenvalue weighted by Gasteiger charge is 2.28. The zero-order chi connectivity index (χ0) is 16.1. The number of carbonyl (C=O) groups excluding carboxylic acids is 2. The molecular formula is C16H25N3O3. The Hall–Kier alpha value is -1.82. The molecule has 6 heteroatoms. The molecule has 1 atom stereocenters. The van der Waals surface area contributed by atoms with Crippen LogP contribution in [0.4, 0.5) is 0 Å². The molecule has 1 saturated heterocycles. The van der Waals surface area contributed by atoms with Gasteiger partial charge in [0.1, 0.15) is 5.76 Å². The Kier molecular flexibility index (Phi) is 5.60. The maximum absolute atomic E-state index is 12.3. The standard InChI is InChI=1S/C16H25N3O3/c1-4-7-17-15(20)13(3)18-8-10-19(11-9-18)16(21)14-6-5-12(2)22-14/h5-6,13H,4,7-11H2,1-3H3,(H,17,20)/t13-/m0/s1. The molecule has 22 heavy (non-hydrogen) atoms. The van der Waals surface area contributed by atoms with Crippen LogP contribution in [0.15, 0.2) is 16.5 Å². The van der Waals surface area contributed by atoms with Crippen LogP contribution in [0.1, 0.15) is 36.6 Å². The summed E-state index contributed by atoms with van der Waals surface area (Å²) in [6.07, 6.45) is 0.934. The van der Waals surface area contributed by atoms with E-state index in [0.717, 1.165) is 12.2 Å². The van der Waals surface area contributed by atoms with Crippen LogP contribution in [0.5, 0.6) is 0 Å². The van der Waals surface area contributed by atoms with Gasteiger partial charge in [-0.05, 0) is 32.4 Å². The highest BCUT2D eigenvalue weighted by Crippen LogP contribution is 2.13. The van der Waals surface area contributed by atoms with Gasteiger partial charge in [0.2, 0.25) is 5.91 Å². The second kappa shape index (κ2) is 7.45. The molecule has 0 bridgehead atoms. The molecule has 1 aliphatic heterocycles. The molecule has 1 aliphatic rings. The predicted molar refractivity (Wildman–Crippen MR) is 83.7 cm³/mol. The summed E-state index contributed by atoms with van der Waals surface area (Å²) in [7, 11) is 0. The number of hydrogen-bond donors (Lipinski definition) is 1. The zero-order valence-corrected chi connectivity index (χ0v) is 13.6. The van der Waals surface area contributed by atoms with Gasteiger partial charge in [0.05, 0.1) is 6.04 Å². The fourth-order valence-corrected chi connectivity index (χ4v) is 2.58. The molecule has 2 amide bonds. The summed E-state index contributed by atoms with van der Waals surface area (Å²) >= 11 is 0. The topological polar surface area (TPSA) is 65.8 Å². The van der Waals surface area contributed by atoms with Crippen molar-refractivity contribution >= 4 is 11.8 Å². The Morgan fingerprint density at radius 2 is 1.95 bits per heavy atom. The lowest BCUT2D eigenvalue weighted by Crippen LogP contribution is -2.55. The molecule has 2 heterocycles. The van der Waals surface area contributed by atoms with Crippen molar-refractivity contribution in [3.63, 3.8) is 0 Å². The van der Waals surface area contributed by atoms with E-state index in [9.17, 15) is 9.59 Å². The molecule has 122 valence electrons. The predicted octanol–water partition coefficient (Wildman–Crippen LogP) is 1.26. The van der Waals surface area contributed by atoms with Crippen LogP contribution in [0.2, 0.25) is 0 Å². The Morgan fingerprint density at radius 3 is 2.50 bits per heavy atom. The first-order valence-corrected chi connectivity index (χ1v) is 7.90. The van der Waals surface area contributed by atoms with Gasteiger partial charge in [-0.25, -0.2) is 0 Å². The lowest BCUT2D eigenvalue weighted by molar-refractivity contribution is -0.126. The summed E-state index contributed by atoms with van der Waals surface area (Å²) in [5, 5.41) is 2.92. The van der Waals surface area contributed by atoms with E-state index in [2.05, 4.69) is 10.2 Å². The molecule has 2 rings (SSSR count). The van der Waals surface area contributed by atoms with E-state index in [0.29, 0.717) is 38.5 Å². The first-order chi connectivity index (χ1) is 10.5. The van der Waals surface area contributed by atoms with Gasteiger partial charge in [-0.3, -0.25) is 14.5 Å². The number of nitrogens with zero attached hydrogens (tertiary/aromatic N) is 2. The number of rotatable bonds is 5. The number of aryl methyl sites for hydroxylation is 1. The van der Waals surface area contributed by atoms with Gasteiger partial charge < -0.3 is 14.6 Å². The first-order valence-electron chi connectivity index (χ1n) is 7.90. The SMILES string of the molecule is CCCNC(=O)[C@H](C)N1CCN(C(=O)c2ccc(C)o2)CC1. The average molecular weight is 307 g/mol. The summed E-state index contributed by atoms with van der Waals surface area (Å²) in [5.74, 6) is 1.11. The van der Waals surface area contributed by atoms with Crippen LogP contribution < -0.4 is 5.32 Å². The number of nitrogens with one attached hydrogen (secondary N) is 1. The highest BCUT2D eigenvalue weighted by atomic mass is 16.3. The second-order valence-electron chi connectivity index (χ2n) is 5.71. The summed E-state index contributed by atoms with van der Waals surface area (Å²) in [4.78, 5) is 28.2. The molecule has 6 nitrogen and oxygen atoms in total. The lowest BCUT2D eigenvalue weighted by atomic mass is 10.2. The highest BCUT2D eigenvalue weighted by molar-refractivity contribution is 5.91. The van der Waals surface area contributed by atoms with Crippen molar-refractivity contribution in [2.75, 3.05) is 32.7 Å². The minimum Gasteiger partial charge on any atom is -0.456 e. The van der Waals surface area contributed by atoms with Gasteiger partial charge in [0.15, 0.2) is 5.76 Å². The van der Waals surface area contributed by atoms with Gasteiger partial charge in [-0.2, -0.15) is 0 Å². The Balaban J connectivity index is 1.85. The fraction of sp³-hybridized carbons (Fsp3) is 0.625. The van der Waals surface area contributed by atoms with Gasteiger partial charge >= 0.3 is 0 Å². The Labute approximate surface area is 131 Å². The van der Waals surface area contributed by atoms with Crippen molar-refractivity contribution in [1.29, 1.82) is 0 Å². The summed E-state index contributed by atoms with van der Waals surface area (Å²) in [5.41, 5.74) is 0. The average Bonchev–Trinajstić information content (AvgIpc) is 2.97. The van der Waals surface area contributed by atoms with Gasteiger partial charge in [0, 0.05) is 32.7 Å². The van der Waals surface area contributed by atoms with Crippen LogP contribution in [-0.4, -0.2) is 60.4 Å². The third kappa shape index (κ3) is 3.88. The molecule has 1 fully saturated rings. The van der Waals surface area contributed by atoms with Crippen LogP contribution in [0, 0.1) is 6.92 Å². The van der Waals surface area contributed by atoms with Crippen molar-refractivity contribution in [2.24, 2.45) is 0 Å². The molecule has 0 saturated carbocycles. The van der Waals surface area contributed by atoms with Crippen molar-refractivity contribution < 1.29 is 14.0 Å². The minimum atomic E-state index is -0.158. The second-order valence-corrected chi connectivity index (χ2v) is 5.71. The third-order valence-electron chi connectivity index (χ3n) is 4.03. The molecule has 0 spiro atoms. The van der Waals surface area contributed by atoms with E-state index in [1.165, 1.54) is 0 Å². The summed E-state index contributed by atoms with van der Waals surface area (Å²) < 4.78 is 5.39. The number of hydrogen-bond acceptors (Lipinski definition) is 4. The van der Waals surface area contributed by atoms with Crippen molar-refractivity contribution in [2.45, 2.75) is 33.2 Å². The van der Waals surface area contributed by atoms with E-state index >= 15 is 0 Å². The van der Waals surface area contributed by atoms with Gasteiger partial charge in [0.25, 0.3) is 5.91 Å². The molecule has 0 unspecified atom stereocenters. The third-order valence-corrected chi connectivity index (χ3v) is 4.03. The minimum absolute atomic E-state index is 0.0586. The zero-order valence-electron chi connectivity index (χ0n) is 13.6. The van der Waals surface area contributed by atoms with Gasteiger partial charge in [-0.1, -0.05) is 6.92 Å². The molecule has 1 aromatic rings. The van der Waals surface area contributed by atoms with E-state index in [1.54, 1.807) is 17.0 Å². The fourth-order valence-electron chi connectivity index (χ4n) is 2.58. The lowest BCUT2D eigenvalue weighted by Gasteiger charge is -2.37. The van der Waals surface area contributed by atoms with E-state index in [-0.39, 0.29) is 17.9 Å². The monoisotopic (exact) mass is 307 g/mol. The number of furan rings is 1. The number of carbonyl (C=O) groups is 2. The smallest absolute Gasteiger partial charge is 0.289 e. The van der Waals surface area contributed by atoms with E-state index < -0.39 is 0 Å². The number of amides is 2. The Morgan fingerprint density at radius 1 is 1.27 bits per heavy atom. The molecule has 0 radical (unpaired) electrons. The summed E-state index contributed by atoms with van der Waals surface area (Å²) in [6.45, 7) is 9.11. The maximum Gasteiger partial charge on any atom is 0.289 e.